The first-order valence-electron chi connectivity index (χ1n) is 5.59. The van der Waals surface area contributed by atoms with E-state index in [0.29, 0.717) is 21.2 Å². The lowest BCUT2D eigenvalue weighted by Gasteiger charge is -2.14. The van der Waals surface area contributed by atoms with Gasteiger partial charge in [0.1, 0.15) is 5.75 Å². The highest BCUT2D eigenvalue weighted by atomic mass is 32.3. The summed E-state index contributed by atoms with van der Waals surface area (Å²) in [7, 11) is -1.29. The van der Waals surface area contributed by atoms with Crippen molar-refractivity contribution in [2.45, 2.75) is 9.79 Å². The minimum Gasteiger partial charge on any atom is -0.497 e. The second-order valence-electron chi connectivity index (χ2n) is 3.90. The molecule has 3 rings (SSSR count). The molecule has 2 unspecified atom stereocenters. The summed E-state index contributed by atoms with van der Waals surface area (Å²) in [6.07, 6.45) is 0. The molecule has 4 nitrogen and oxygen atoms in total. The van der Waals surface area contributed by atoms with Crippen molar-refractivity contribution in [3.63, 3.8) is 0 Å². The number of hydrogen-bond acceptors (Lipinski definition) is 3. The van der Waals surface area contributed by atoms with Crippen LogP contribution in [0.3, 0.4) is 0 Å². The maximum Gasteiger partial charge on any atom is 0.166 e. The maximum atomic E-state index is 12.4. The Morgan fingerprint density at radius 1 is 0.895 bits per heavy atom. The van der Waals surface area contributed by atoms with Crippen LogP contribution in [-0.4, -0.2) is 15.5 Å². The molecule has 0 N–H and O–H groups in total. The Morgan fingerprint density at radius 2 is 1.42 bits per heavy atom. The number of nitrogens with zero attached hydrogens (tertiary/aromatic N) is 1. The molecule has 98 valence electrons. The van der Waals surface area contributed by atoms with Crippen LogP contribution in [0.2, 0.25) is 0 Å². The molecule has 1 aliphatic heterocycles. The lowest BCUT2D eigenvalue weighted by molar-refractivity contribution is 0.415. The van der Waals surface area contributed by atoms with Gasteiger partial charge in [-0.25, -0.2) is 8.42 Å². The molecule has 0 aromatic heterocycles. The van der Waals surface area contributed by atoms with E-state index in [4.69, 9.17) is 4.74 Å². The largest absolute Gasteiger partial charge is 0.497 e. The minimum absolute atomic E-state index is 0.608. The topological polar surface area (TPSA) is 46.6 Å². The fourth-order valence-corrected chi connectivity index (χ4v) is 5.13. The molecule has 19 heavy (non-hydrogen) atoms. The van der Waals surface area contributed by atoms with Gasteiger partial charge in [-0.3, -0.25) is 0 Å². The monoisotopic (exact) mass is 293 g/mol. The number of benzene rings is 2. The van der Waals surface area contributed by atoms with Crippen LogP contribution in [0, 0.1) is 0 Å². The molecule has 2 aromatic rings. The molecule has 0 saturated heterocycles. The van der Waals surface area contributed by atoms with Gasteiger partial charge in [0.2, 0.25) is 0 Å². The SMILES string of the molecule is COc1ccc(N2S(=O)c3ccccc3S2=O)cc1. The summed E-state index contributed by atoms with van der Waals surface area (Å²) in [6, 6.07) is 14.1. The summed E-state index contributed by atoms with van der Waals surface area (Å²) < 4.78 is 31.2. The summed E-state index contributed by atoms with van der Waals surface area (Å²) in [6.45, 7) is 0. The van der Waals surface area contributed by atoms with Crippen molar-refractivity contribution < 1.29 is 13.2 Å². The molecule has 6 heteroatoms. The van der Waals surface area contributed by atoms with Crippen LogP contribution in [0.1, 0.15) is 0 Å². The normalized spacial score (nSPS) is 21.2. The van der Waals surface area contributed by atoms with Crippen molar-refractivity contribution in [1.82, 2.24) is 0 Å². The summed E-state index contributed by atoms with van der Waals surface area (Å²) in [5.41, 5.74) is 0.647. The van der Waals surface area contributed by atoms with Gasteiger partial charge in [-0.15, -0.1) is 0 Å². The number of rotatable bonds is 2. The molecule has 0 radical (unpaired) electrons. The first kappa shape index (κ1) is 12.4. The van der Waals surface area contributed by atoms with Gasteiger partial charge in [-0.1, -0.05) is 12.1 Å². The van der Waals surface area contributed by atoms with Crippen LogP contribution in [0.4, 0.5) is 5.69 Å². The van der Waals surface area contributed by atoms with Crippen LogP contribution >= 0.6 is 0 Å². The Labute approximate surface area is 116 Å². The predicted molar refractivity (Wildman–Crippen MR) is 74.7 cm³/mol. The molecule has 0 saturated carbocycles. The van der Waals surface area contributed by atoms with E-state index < -0.39 is 22.0 Å². The molecule has 0 aliphatic carbocycles. The molecule has 1 heterocycles. The van der Waals surface area contributed by atoms with Crippen LogP contribution in [0.15, 0.2) is 58.3 Å². The highest BCUT2D eigenvalue weighted by molar-refractivity contribution is 8.06. The molecule has 0 bridgehead atoms. The van der Waals surface area contributed by atoms with Crippen LogP contribution in [-0.2, 0) is 22.0 Å². The third kappa shape index (κ3) is 1.97. The Kier molecular flexibility index (Phi) is 3.12. The van der Waals surface area contributed by atoms with Gasteiger partial charge in [0, 0.05) is 0 Å². The van der Waals surface area contributed by atoms with Gasteiger partial charge in [-0.05, 0) is 36.4 Å². The Bertz CT molecular complexity index is 635. The van der Waals surface area contributed by atoms with Crippen molar-refractivity contribution in [1.29, 1.82) is 0 Å². The van der Waals surface area contributed by atoms with E-state index in [-0.39, 0.29) is 0 Å². The van der Waals surface area contributed by atoms with E-state index in [1.165, 1.54) is 3.71 Å². The zero-order chi connectivity index (χ0) is 13.4. The van der Waals surface area contributed by atoms with Crippen LogP contribution in [0.25, 0.3) is 0 Å². The standard InChI is InChI=1S/C13H11NO3S2/c1-17-11-8-6-10(7-9-11)14-18(15)12-4-2-3-5-13(12)19(14)16/h2-9H,1H3. The van der Waals surface area contributed by atoms with Gasteiger partial charge in [-0.2, -0.15) is 3.71 Å². The Balaban J connectivity index is 2.03. The number of anilines is 1. The van der Waals surface area contributed by atoms with Crippen molar-refractivity contribution >= 4 is 27.7 Å². The zero-order valence-electron chi connectivity index (χ0n) is 10.1. The summed E-state index contributed by atoms with van der Waals surface area (Å²) in [5.74, 6) is 0.706. The van der Waals surface area contributed by atoms with Crippen molar-refractivity contribution in [3.8, 4) is 5.75 Å². The summed E-state index contributed by atoms with van der Waals surface area (Å²) in [4.78, 5) is 1.22. The van der Waals surface area contributed by atoms with E-state index in [2.05, 4.69) is 0 Å². The third-order valence-corrected chi connectivity index (χ3v) is 6.24. The van der Waals surface area contributed by atoms with Gasteiger partial charge in [0.25, 0.3) is 0 Å². The minimum atomic E-state index is -1.43. The van der Waals surface area contributed by atoms with Crippen molar-refractivity contribution in [3.05, 3.63) is 48.5 Å². The number of methoxy groups -OCH3 is 1. The molecular formula is C13H11NO3S2. The van der Waals surface area contributed by atoms with E-state index >= 15 is 0 Å². The van der Waals surface area contributed by atoms with E-state index in [1.807, 2.05) is 0 Å². The van der Waals surface area contributed by atoms with E-state index in [9.17, 15) is 8.42 Å². The maximum absolute atomic E-state index is 12.4. The zero-order valence-corrected chi connectivity index (χ0v) is 11.7. The quantitative estimate of drug-likeness (QED) is 0.853. The average Bonchev–Trinajstić information content (AvgIpc) is 2.72. The van der Waals surface area contributed by atoms with Crippen LogP contribution < -0.4 is 8.45 Å². The Hall–Kier alpha value is -1.66. The van der Waals surface area contributed by atoms with Gasteiger partial charge in [0.05, 0.1) is 22.6 Å². The highest BCUT2D eigenvalue weighted by Crippen LogP contribution is 2.35. The summed E-state index contributed by atoms with van der Waals surface area (Å²) >= 11 is 0. The van der Waals surface area contributed by atoms with Gasteiger partial charge < -0.3 is 4.74 Å². The van der Waals surface area contributed by atoms with Crippen LogP contribution in [0.5, 0.6) is 5.75 Å². The molecule has 0 spiro atoms. The molecule has 0 fully saturated rings. The fourth-order valence-electron chi connectivity index (χ4n) is 1.87. The van der Waals surface area contributed by atoms with E-state index in [1.54, 1.807) is 55.6 Å². The fraction of sp³-hybridized carbons (Fsp3) is 0.0769. The lowest BCUT2D eigenvalue weighted by Crippen LogP contribution is -2.20. The molecular weight excluding hydrogens is 282 g/mol. The molecule has 2 aromatic carbocycles. The van der Waals surface area contributed by atoms with Crippen molar-refractivity contribution in [2.75, 3.05) is 10.8 Å². The smallest absolute Gasteiger partial charge is 0.166 e. The highest BCUT2D eigenvalue weighted by Gasteiger charge is 2.34. The Morgan fingerprint density at radius 3 is 1.89 bits per heavy atom. The van der Waals surface area contributed by atoms with Gasteiger partial charge >= 0.3 is 0 Å². The first-order valence-corrected chi connectivity index (χ1v) is 7.80. The molecule has 1 aliphatic rings. The van der Waals surface area contributed by atoms with E-state index in [0.717, 1.165) is 0 Å². The number of hydrogen-bond donors (Lipinski definition) is 0. The second kappa shape index (κ2) is 4.79. The number of fused-ring (bicyclic) bond motifs is 1. The predicted octanol–water partition coefficient (Wildman–Crippen LogP) is 2.26. The average molecular weight is 293 g/mol. The lowest BCUT2D eigenvalue weighted by atomic mass is 10.3. The first-order chi connectivity index (χ1) is 9.22. The molecule has 2 atom stereocenters. The third-order valence-electron chi connectivity index (χ3n) is 2.81. The van der Waals surface area contributed by atoms with Crippen molar-refractivity contribution in [2.24, 2.45) is 0 Å². The van der Waals surface area contributed by atoms with Gasteiger partial charge in [0.15, 0.2) is 22.0 Å². The molecule has 0 amide bonds. The summed E-state index contributed by atoms with van der Waals surface area (Å²) in [5, 5.41) is 0. The number of ether oxygens (including phenoxy) is 1. The second-order valence-corrected chi connectivity index (χ2v) is 6.74.